The molecule has 58 heavy (non-hydrogen) atoms. The smallest absolute Gasteiger partial charge is 0.164 e. The van der Waals surface area contributed by atoms with E-state index in [1.807, 2.05) is 29.5 Å². The van der Waals surface area contributed by atoms with Crippen LogP contribution in [0, 0.1) is 30.6 Å². The zero-order valence-electron chi connectivity index (χ0n) is 32.5. The monoisotopic (exact) mass is 763 g/mol. The lowest BCUT2D eigenvalue weighted by atomic mass is 9.43. The third-order valence-corrected chi connectivity index (χ3v) is 15.7. The van der Waals surface area contributed by atoms with Crippen LogP contribution in [0.1, 0.15) is 48.8 Å². The van der Waals surface area contributed by atoms with E-state index < -0.39 is 0 Å². The van der Waals surface area contributed by atoms with Crippen molar-refractivity contribution in [3.63, 3.8) is 0 Å². The Morgan fingerprint density at radius 1 is 0.466 bits per heavy atom. The lowest BCUT2D eigenvalue weighted by molar-refractivity contribution is -0.0399. The predicted octanol–water partition coefficient (Wildman–Crippen LogP) is 14.1. The molecule has 0 atom stereocenters. The van der Waals surface area contributed by atoms with E-state index in [0.717, 1.165) is 40.4 Å². The first-order chi connectivity index (χ1) is 28.6. The van der Waals surface area contributed by atoms with Gasteiger partial charge in [0.15, 0.2) is 17.5 Å². The van der Waals surface area contributed by atoms with Gasteiger partial charge < -0.3 is 0 Å². The molecule has 0 unspecified atom stereocenters. The van der Waals surface area contributed by atoms with E-state index in [9.17, 15) is 0 Å². The number of fused-ring (bicyclic) bond motifs is 8. The van der Waals surface area contributed by atoms with Crippen LogP contribution in [0.3, 0.4) is 0 Å². The zero-order chi connectivity index (χ0) is 38.1. The maximum atomic E-state index is 5.06. The minimum atomic E-state index is 0.127. The summed E-state index contributed by atoms with van der Waals surface area (Å²) in [6.45, 7) is 2.11. The molecule has 278 valence electrons. The van der Waals surface area contributed by atoms with Crippen molar-refractivity contribution in [2.45, 2.75) is 44.4 Å². The van der Waals surface area contributed by atoms with Crippen LogP contribution in [0.15, 0.2) is 146 Å². The molecular weight excluding hydrogens is 723 g/mol. The molecule has 4 heteroatoms. The molecule has 4 fully saturated rings. The molecule has 2 aromatic heterocycles. The van der Waals surface area contributed by atoms with Gasteiger partial charge in [0.05, 0.1) is 0 Å². The topological polar surface area (TPSA) is 38.7 Å². The molecule has 3 nitrogen and oxygen atoms in total. The Labute approximate surface area is 342 Å². The van der Waals surface area contributed by atoms with Gasteiger partial charge in [0.1, 0.15) is 0 Å². The predicted molar refractivity (Wildman–Crippen MR) is 240 cm³/mol. The third-order valence-electron chi connectivity index (χ3n) is 14.5. The highest BCUT2D eigenvalue weighted by Crippen LogP contribution is 2.70. The second-order valence-electron chi connectivity index (χ2n) is 17.7. The summed E-state index contributed by atoms with van der Waals surface area (Å²) >= 11 is 1.85. The lowest BCUT2D eigenvalue weighted by Crippen LogP contribution is -2.55. The quantitative estimate of drug-likeness (QED) is 0.179. The van der Waals surface area contributed by atoms with Crippen molar-refractivity contribution in [3.05, 3.63) is 162 Å². The fraction of sp³-hybridized carbons (Fsp3) is 0.204. The number of nitrogens with zero attached hydrogens (tertiary/aromatic N) is 3. The van der Waals surface area contributed by atoms with E-state index in [2.05, 4.69) is 134 Å². The summed E-state index contributed by atoms with van der Waals surface area (Å²) < 4.78 is 2.54. The van der Waals surface area contributed by atoms with Crippen molar-refractivity contribution in [1.29, 1.82) is 0 Å². The number of hydrogen-bond donors (Lipinski definition) is 0. The largest absolute Gasteiger partial charge is 0.208 e. The van der Waals surface area contributed by atoms with Gasteiger partial charge >= 0.3 is 0 Å². The van der Waals surface area contributed by atoms with E-state index >= 15 is 0 Å². The Kier molecular flexibility index (Phi) is 6.99. The van der Waals surface area contributed by atoms with Crippen LogP contribution < -0.4 is 0 Å². The van der Waals surface area contributed by atoms with Gasteiger partial charge in [0.2, 0.25) is 0 Å². The second-order valence-corrected chi connectivity index (χ2v) is 18.8. The molecule has 5 aliphatic rings. The molecule has 0 amide bonds. The third kappa shape index (κ3) is 4.76. The molecule has 0 saturated heterocycles. The van der Waals surface area contributed by atoms with Gasteiger partial charge in [-0.15, -0.1) is 11.3 Å². The van der Waals surface area contributed by atoms with Crippen molar-refractivity contribution < 1.29 is 0 Å². The number of hydrogen-bond acceptors (Lipinski definition) is 4. The first kappa shape index (κ1) is 33.0. The summed E-state index contributed by atoms with van der Waals surface area (Å²) in [4.78, 5) is 15.1. The van der Waals surface area contributed by atoms with Gasteiger partial charge in [-0.2, -0.15) is 0 Å². The lowest BCUT2D eigenvalue weighted by Gasteiger charge is -2.61. The van der Waals surface area contributed by atoms with E-state index in [1.165, 1.54) is 90.9 Å². The molecule has 4 bridgehead atoms. The Bertz CT molecular complexity index is 3130. The molecule has 4 saturated carbocycles. The molecule has 5 aliphatic carbocycles. The number of thiophene rings is 1. The number of aromatic nitrogens is 3. The van der Waals surface area contributed by atoms with E-state index in [4.69, 9.17) is 15.0 Å². The summed E-state index contributed by atoms with van der Waals surface area (Å²) in [5.41, 5.74) is 13.2. The van der Waals surface area contributed by atoms with Gasteiger partial charge in [-0.3, -0.25) is 0 Å². The average molecular weight is 764 g/mol. The highest BCUT2D eigenvalue weighted by molar-refractivity contribution is 7.25. The van der Waals surface area contributed by atoms with Crippen molar-refractivity contribution in [3.8, 4) is 56.4 Å². The fourth-order valence-electron chi connectivity index (χ4n) is 12.4. The van der Waals surface area contributed by atoms with Crippen LogP contribution in [-0.4, -0.2) is 15.0 Å². The fourth-order valence-corrected chi connectivity index (χ4v) is 13.5. The molecule has 0 aliphatic heterocycles. The van der Waals surface area contributed by atoms with E-state index in [-0.39, 0.29) is 5.41 Å². The average Bonchev–Trinajstić information content (AvgIpc) is 3.78. The summed E-state index contributed by atoms with van der Waals surface area (Å²) in [5.74, 6) is 5.38. The highest BCUT2D eigenvalue weighted by Gasteiger charge is 2.61. The maximum Gasteiger partial charge on any atom is 0.164 e. The van der Waals surface area contributed by atoms with Gasteiger partial charge in [0.25, 0.3) is 0 Å². The first-order valence-corrected chi connectivity index (χ1v) is 21.9. The number of aryl methyl sites for hydroxylation is 1. The van der Waals surface area contributed by atoms with Crippen molar-refractivity contribution in [2.75, 3.05) is 0 Å². The second kappa shape index (κ2) is 12.3. The van der Waals surface area contributed by atoms with Crippen LogP contribution in [0.5, 0.6) is 0 Å². The minimum absolute atomic E-state index is 0.127. The molecule has 1 spiro atoms. The molecule has 2 heterocycles. The molecule has 9 aromatic rings. The maximum absolute atomic E-state index is 5.06. The Hall–Kier alpha value is -5.97. The van der Waals surface area contributed by atoms with Crippen LogP contribution in [0.4, 0.5) is 0 Å². The first-order valence-electron chi connectivity index (χ1n) is 21.1. The molecular formula is C54H41N3S. The van der Waals surface area contributed by atoms with Gasteiger partial charge in [-0.05, 0) is 137 Å². The summed E-state index contributed by atoms with van der Waals surface area (Å²) in [6, 6.07) is 54.1. The minimum Gasteiger partial charge on any atom is -0.208 e. The number of rotatable bonds is 4. The summed E-state index contributed by atoms with van der Waals surface area (Å²) in [5, 5.41) is 5.36. The van der Waals surface area contributed by atoms with Crippen LogP contribution in [-0.2, 0) is 5.41 Å². The molecule has 7 aromatic carbocycles. The van der Waals surface area contributed by atoms with Crippen LogP contribution >= 0.6 is 11.3 Å². The number of benzene rings is 7. The Balaban J connectivity index is 0.930. The SMILES string of the molecule is Cc1cccc(-c2nc(-c3ccccc3)nc(-c3ccc4c(c3)sc3ccc(-c5ccc6c(c5)C5(c7ccc8ccccc8c7-6)C6CC7CC(C6)CC5C7)cc34)n2)c1. The van der Waals surface area contributed by atoms with Crippen LogP contribution in [0.2, 0.25) is 0 Å². The van der Waals surface area contributed by atoms with Crippen molar-refractivity contribution in [2.24, 2.45) is 23.7 Å². The zero-order valence-corrected chi connectivity index (χ0v) is 33.3. The van der Waals surface area contributed by atoms with Gasteiger partial charge in [-0.1, -0.05) is 121 Å². The van der Waals surface area contributed by atoms with Crippen LogP contribution in [0.25, 0.3) is 87.4 Å². The Morgan fingerprint density at radius 2 is 1.14 bits per heavy atom. The molecule has 14 rings (SSSR count). The summed E-state index contributed by atoms with van der Waals surface area (Å²) in [7, 11) is 0. The van der Waals surface area contributed by atoms with E-state index in [1.54, 1.807) is 11.1 Å². The van der Waals surface area contributed by atoms with Crippen molar-refractivity contribution in [1.82, 2.24) is 15.0 Å². The van der Waals surface area contributed by atoms with Gasteiger partial charge in [0, 0.05) is 42.3 Å². The van der Waals surface area contributed by atoms with E-state index in [0.29, 0.717) is 17.5 Å². The Morgan fingerprint density at radius 3 is 1.93 bits per heavy atom. The summed E-state index contributed by atoms with van der Waals surface area (Å²) in [6.07, 6.45) is 7.04. The molecule has 0 radical (unpaired) electrons. The van der Waals surface area contributed by atoms with Crippen molar-refractivity contribution >= 4 is 42.3 Å². The molecule has 0 N–H and O–H groups in total. The normalized spacial score (nSPS) is 22.6. The highest BCUT2D eigenvalue weighted by atomic mass is 32.1. The standard InChI is InChI=1S/C54H41N3S/c1-31-8-7-12-38(22-31)52-55-51(35-10-3-2-4-11-35)56-53(57-52)39-15-18-43-45-28-36(17-21-48(45)58-49(43)30-39)37-14-19-44-47(29-37)54(40-24-32-23-33(26-40)27-41(54)25-32)46-20-16-34-9-5-6-13-42(34)50(44)46/h2-22,28-30,32-33,40-41H,23-27H2,1H3. The van der Waals surface area contributed by atoms with Gasteiger partial charge in [-0.25, -0.2) is 15.0 Å².